The quantitative estimate of drug-likeness (QED) is 0.622. The maximum absolute atomic E-state index is 13.3. The van der Waals surface area contributed by atoms with E-state index >= 15 is 0 Å². The van der Waals surface area contributed by atoms with E-state index in [0.717, 1.165) is 5.71 Å². The standard InChI is InChI=1S/C22H22ClN5O2/c1-25-27-18-11-9-17(10-12-18)26-21(29)20(15-5-3-2-4-6-15)28(22(24)30)19-13-7-16(23)8-14-19/h2-14,17,20,25H,1H3,(H2,24,30)(H,26,29). The third-order valence-corrected chi connectivity index (χ3v) is 4.71. The first kappa shape index (κ1) is 21.1. The summed E-state index contributed by atoms with van der Waals surface area (Å²) in [5, 5.41) is 7.53. The number of nitrogens with zero attached hydrogens (tertiary/aromatic N) is 2. The van der Waals surface area contributed by atoms with E-state index in [0.29, 0.717) is 16.3 Å². The Morgan fingerprint density at radius 3 is 2.27 bits per heavy atom. The molecule has 3 amide bonds. The summed E-state index contributed by atoms with van der Waals surface area (Å²) in [4.78, 5) is 27.0. The van der Waals surface area contributed by atoms with Gasteiger partial charge in [-0.3, -0.25) is 9.69 Å². The highest BCUT2D eigenvalue weighted by atomic mass is 35.5. The molecule has 0 heterocycles. The molecule has 1 aliphatic carbocycles. The molecule has 3 rings (SSSR count). The van der Waals surface area contributed by atoms with Crippen LogP contribution in [-0.4, -0.2) is 30.7 Å². The van der Waals surface area contributed by atoms with Crippen LogP contribution in [0, 0.1) is 0 Å². The molecule has 7 nitrogen and oxygen atoms in total. The first-order valence-electron chi connectivity index (χ1n) is 9.30. The first-order chi connectivity index (χ1) is 14.5. The van der Waals surface area contributed by atoms with E-state index in [4.69, 9.17) is 17.3 Å². The van der Waals surface area contributed by atoms with Gasteiger partial charge in [0.05, 0.1) is 11.8 Å². The molecule has 0 saturated heterocycles. The van der Waals surface area contributed by atoms with Crippen LogP contribution in [0.15, 0.2) is 84.0 Å². The van der Waals surface area contributed by atoms with Crippen molar-refractivity contribution in [3.8, 4) is 0 Å². The Morgan fingerprint density at radius 1 is 1.07 bits per heavy atom. The number of hydrazone groups is 1. The fourth-order valence-electron chi connectivity index (χ4n) is 3.13. The summed E-state index contributed by atoms with van der Waals surface area (Å²) in [6.07, 6.45) is 7.22. The number of urea groups is 1. The number of rotatable bonds is 6. The molecule has 2 aromatic rings. The predicted molar refractivity (Wildman–Crippen MR) is 119 cm³/mol. The second-order valence-electron chi connectivity index (χ2n) is 6.51. The molecular weight excluding hydrogens is 402 g/mol. The number of benzene rings is 2. The predicted octanol–water partition coefficient (Wildman–Crippen LogP) is 3.15. The summed E-state index contributed by atoms with van der Waals surface area (Å²) < 4.78 is 0. The zero-order chi connectivity index (χ0) is 21.5. The highest BCUT2D eigenvalue weighted by Crippen LogP contribution is 2.29. The van der Waals surface area contributed by atoms with Crippen LogP contribution in [0.25, 0.3) is 0 Å². The van der Waals surface area contributed by atoms with Crippen molar-refractivity contribution in [2.75, 3.05) is 11.9 Å². The Kier molecular flexibility index (Phi) is 6.87. The van der Waals surface area contributed by atoms with Crippen molar-refractivity contribution in [2.45, 2.75) is 12.1 Å². The number of carbonyl (C=O) groups excluding carboxylic acids is 2. The molecule has 30 heavy (non-hydrogen) atoms. The van der Waals surface area contributed by atoms with Gasteiger partial charge in [0.2, 0.25) is 5.91 Å². The molecular formula is C22H22ClN5O2. The number of anilines is 1. The van der Waals surface area contributed by atoms with Gasteiger partial charge in [-0.25, -0.2) is 4.79 Å². The number of halogens is 1. The van der Waals surface area contributed by atoms with E-state index in [1.165, 1.54) is 4.90 Å². The van der Waals surface area contributed by atoms with Crippen LogP contribution in [0.2, 0.25) is 5.02 Å². The van der Waals surface area contributed by atoms with Crippen molar-refractivity contribution in [3.63, 3.8) is 0 Å². The van der Waals surface area contributed by atoms with Gasteiger partial charge in [0.15, 0.2) is 0 Å². The third-order valence-electron chi connectivity index (χ3n) is 4.46. The molecule has 0 fully saturated rings. The van der Waals surface area contributed by atoms with Crippen molar-refractivity contribution in [1.29, 1.82) is 0 Å². The number of nitrogens with one attached hydrogen (secondary N) is 2. The van der Waals surface area contributed by atoms with Crippen molar-refractivity contribution < 1.29 is 9.59 Å². The molecule has 0 radical (unpaired) electrons. The van der Waals surface area contributed by atoms with Crippen LogP contribution in [0.4, 0.5) is 10.5 Å². The average molecular weight is 424 g/mol. The van der Waals surface area contributed by atoms with Crippen LogP contribution in [0.1, 0.15) is 11.6 Å². The molecule has 0 aliphatic heterocycles. The largest absolute Gasteiger partial charge is 0.351 e. The van der Waals surface area contributed by atoms with E-state index < -0.39 is 12.1 Å². The lowest BCUT2D eigenvalue weighted by atomic mass is 10.0. The van der Waals surface area contributed by atoms with Gasteiger partial charge in [-0.05, 0) is 42.0 Å². The van der Waals surface area contributed by atoms with Crippen molar-refractivity contribution in [3.05, 3.63) is 89.5 Å². The van der Waals surface area contributed by atoms with Crippen molar-refractivity contribution in [1.82, 2.24) is 10.7 Å². The molecule has 1 aliphatic rings. The first-order valence-corrected chi connectivity index (χ1v) is 9.68. The van der Waals surface area contributed by atoms with Gasteiger partial charge < -0.3 is 16.5 Å². The molecule has 8 heteroatoms. The fraction of sp³-hybridized carbons (Fsp3) is 0.136. The van der Waals surface area contributed by atoms with Crippen LogP contribution < -0.4 is 21.4 Å². The lowest BCUT2D eigenvalue weighted by Crippen LogP contribution is -2.48. The minimum absolute atomic E-state index is 0.348. The van der Waals surface area contributed by atoms with Gasteiger partial charge in [-0.1, -0.05) is 54.1 Å². The molecule has 0 bridgehead atoms. The van der Waals surface area contributed by atoms with Crippen molar-refractivity contribution in [2.24, 2.45) is 10.8 Å². The monoisotopic (exact) mass is 423 g/mol. The summed E-state index contributed by atoms with van der Waals surface area (Å²) in [7, 11) is 1.71. The number of primary amides is 1. The number of amides is 3. The number of carbonyl (C=O) groups is 2. The van der Waals surface area contributed by atoms with Gasteiger partial charge in [-0.2, -0.15) is 5.10 Å². The lowest BCUT2D eigenvalue weighted by Gasteiger charge is -2.31. The van der Waals surface area contributed by atoms with Gasteiger partial charge in [0, 0.05) is 17.8 Å². The molecule has 0 aromatic heterocycles. The molecule has 0 spiro atoms. The summed E-state index contributed by atoms with van der Waals surface area (Å²) in [6, 6.07) is 13.5. The normalized spacial score (nSPS) is 15.9. The summed E-state index contributed by atoms with van der Waals surface area (Å²) in [5.74, 6) is -0.372. The Balaban J connectivity index is 1.92. The van der Waals surface area contributed by atoms with E-state index in [1.54, 1.807) is 67.7 Å². The van der Waals surface area contributed by atoms with E-state index in [1.807, 2.05) is 18.2 Å². The summed E-state index contributed by atoms with van der Waals surface area (Å²) in [5.41, 5.74) is 10.2. The number of hydrogen-bond acceptors (Lipinski definition) is 4. The average Bonchev–Trinajstić information content (AvgIpc) is 2.74. The topological polar surface area (TPSA) is 99.8 Å². The smallest absolute Gasteiger partial charge is 0.320 e. The van der Waals surface area contributed by atoms with Crippen LogP contribution in [0.5, 0.6) is 0 Å². The molecule has 4 N–H and O–H groups in total. The molecule has 1 atom stereocenters. The van der Waals surface area contributed by atoms with Gasteiger partial charge >= 0.3 is 6.03 Å². The van der Waals surface area contributed by atoms with Crippen LogP contribution >= 0.6 is 11.6 Å². The molecule has 0 saturated carbocycles. The minimum atomic E-state index is -0.959. The van der Waals surface area contributed by atoms with Gasteiger partial charge in [-0.15, -0.1) is 0 Å². The van der Waals surface area contributed by atoms with E-state index in [-0.39, 0.29) is 11.9 Å². The Hall–Kier alpha value is -3.58. The highest BCUT2D eigenvalue weighted by Gasteiger charge is 2.32. The molecule has 154 valence electrons. The van der Waals surface area contributed by atoms with E-state index in [2.05, 4.69) is 15.8 Å². The number of hydrogen-bond donors (Lipinski definition) is 3. The maximum Gasteiger partial charge on any atom is 0.320 e. The zero-order valence-electron chi connectivity index (χ0n) is 16.3. The van der Waals surface area contributed by atoms with Gasteiger partial charge in [0.1, 0.15) is 6.04 Å². The van der Waals surface area contributed by atoms with Crippen LogP contribution in [0.3, 0.4) is 0 Å². The fourth-order valence-corrected chi connectivity index (χ4v) is 3.25. The zero-order valence-corrected chi connectivity index (χ0v) is 17.1. The second kappa shape index (κ2) is 9.76. The lowest BCUT2D eigenvalue weighted by molar-refractivity contribution is -0.122. The minimum Gasteiger partial charge on any atom is -0.351 e. The van der Waals surface area contributed by atoms with Gasteiger partial charge in [0.25, 0.3) is 0 Å². The molecule has 2 aromatic carbocycles. The molecule has 1 unspecified atom stereocenters. The van der Waals surface area contributed by atoms with Crippen molar-refractivity contribution >= 4 is 34.9 Å². The van der Waals surface area contributed by atoms with Crippen LogP contribution in [-0.2, 0) is 4.79 Å². The Morgan fingerprint density at radius 2 is 1.70 bits per heavy atom. The summed E-state index contributed by atoms with van der Waals surface area (Å²) >= 11 is 5.97. The summed E-state index contributed by atoms with van der Waals surface area (Å²) in [6.45, 7) is 0. The third kappa shape index (κ3) is 5.07. The SMILES string of the molecule is CNN=C1C=CC(NC(=O)C(c2ccccc2)N(C(N)=O)c2ccc(Cl)cc2)C=C1. The highest BCUT2D eigenvalue weighted by molar-refractivity contribution is 6.30. The van der Waals surface area contributed by atoms with E-state index in [9.17, 15) is 9.59 Å². The number of allylic oxidation sites excluding steroid dienone is 2. The Labute approximate surface area is 179 Å². The maximum atomic E-state index is 13.3. The Bertz CT molecular complexity index is 970. The number of nitrogens with two attached hydrogens (primary N) is 1. The second-order valence-corrected chi connectivity index (χ2v) is 6.95.